The number of carboxylic acids is 1. The zero-order valence-corrected chi connectivity index (χ0v) is 15.7. The first kappa shape index (κ1) is 19.1. The number of benzene rings is 3. The van der Waals surface area contributed by atoms with Crippen molar-refractivity contribution in [2.24, 2.45) is 5.73 Å². The number of carbonyl (C=O) groups is 1. The van der Waals surface area contributed by atoms with E-state index in [1.54, 1.807) is 19.1 Å². The fourth-order valence-electron chi connectivity index (χ4n) is 3.70. The maximum Gasteiger partial charge on any atom is 0.323 e. The molecule has 0 aliphatic carbocycles. The number of hydrogen-bond donors (Lipinski definition) is 2. The summed E-state index contributed by atoms with van der Waals surface area (Å²) >= 11 is 0. The molecule has 6 heteroatoms. The van der Waals surface area contributed by atoms with Gasteiger partial charge in [-0.3, -0.25) is 4.79 Å². The Morgan fingerprint density at radius 3 is 2.03 bits per heavy atom. The molecule has 29 heavy (non-hydrogen) atoms. The van der Waals surface area contributed by atoms with Gasteiger partial charge in [0.05, 0.1) is 6.10 Å². The first-order valence-electron chi connectivity index (χ1n) is 9.22. The minimum Gasteiger partial charge on any atom is -0.480 e. The molecule has 3 aromatic carbocycles. The van der Waals surface area contributed by atoms with Crippen LogP contribution in [-0.4, -0.2) is 23.2 Å². The lowest BCUT2D eigenvalue weighted by Crippen LogP contribution is -2.47. The molecule has 1 heterocycles. The Morgan fingerprint density at radius 1 is 1.00 bits per heavy atom. The van der Waals surface area contributed by atoms with Gasteiger partial charge in [0.2, 0.25) is 0 Å². The van der Waals surface area contributed by atoms with Crippen LogP contribution in [0.2, 0.25) is 0 Å². The van der Waals surface area contributed by atoms with Crippen LogP contribution in [0.15, 0.2) is 72.8 Å². The van der Waals surface area contributed by atoms with Crippen LogP contribution in [0.25, 0.3) is 0 Å². The Labute approximate surface area is 167 Å². The van der Waals surface area contributed by atoms with Gasteiger partial charge in [-0.1, -0.05) is 48.5 Å². The van der Waals surface area contributed by atoms with Crippen molar-refractivity contribution in [2.75, 3.05) is 0 Å². The molecular formula is C23H20FNO4. The smallest absolute Gasteiger partial charge is 0.323 e. The molecule has 0 saturated carbocycles. The summed E-state index contributed by atoms with van der Waals surface area (Å²) in [5.41, 5.74) is 6.67. The highest BCUT2D eigenvalue weighted by atomic mass is 19.1. The summed E-state index contributed by atoms with van der Waals surface area (Å²) in [6.07, 6.45) is -0.850. The Hall–Kier alpha value is -3.22. The van der Waals surface area contributed by atoms with E-state index in [9.17, 15) is 14.3 Å². The third kappa shape index (κ3) is 3.16. The van der Waals surface area contributed by atoms with Crippen LogP contribution in [0.1, 0.15) is 23.6 Å². The number of fused-ring (bicyclic) bond motifs is 2. The highest BCUT2D eigenvalue weighted by molar-refractivity contribution is 5.74. The SMILES string of the molecule is C[C@@H](OC1(c2ccc(F)cc2)c2ccccc2Oc2ccccc21)[C@H](N)C(=O)O. The lowest BCUT2D eigenvalue weighted by molar-refractivity contribution is -0.145. The van der Waals surface area contributed by atoms with Crippen LogP contribution in [0.5, 0.6) is 11.5 Å². The number of nitrogens with two attached hydrogens (primary N) is 1. The summed E-state index contributed by atoms with van der Waals surface area (Å²) in [5.74, 6) is -0.397. The van der Waals surface area contributed by atoms with Gasteiger partial charge >= 0.3 is 5.97 Å². The van der Waals surface area contributed by atoms with E-state index in [1.165, 1.54) is 12.1 Å². The fourth-order valence-corrected chi connectivity index (χ4v) is 3.70. The van der Waals surface area contributed by atoms with Gasteiger partial charge in [-0.05, 0) is 36.8 Å². The van der Waals surface area contributed by atoms with E-state index in [1.807, 2.05) is 48.5 Å². The number of para-hydroxylation sites is 2. The van der Waals surface area contributed by atoms with Crippen molar-refractivity contribution in [3.63, 3.8) is 0 Å². The number of ether oxygens (including phenoxy) is 2. The first-order valence-corrected chi connectivity index (χ1v) is 9.22. The summed E-state index contributed by atoms with van der Waals surface area (Å²) in [7, 11) is 0. The highest BCUT2D eigenvalue weighted by Crippen LogP contribution is 2.52. The minimum absolute atomic E-state index is 0.382. The summed E-state index contributed by atoms with van der Waals surface area (Å²) in [4.78, 5) is 11.5. The molecule has 4 rings (SSSR count). The topological polar surface area (TPSA) is 81.8 Å². The predicted molar refractivity (Wildman–Crippen MR) is 105 cm³/mol. The summed E-state index contributed by atoms with van der Waals surface area (Å²) in [6, 6.07) is 19.4. The maximum absolute atomic E-state index is 13.7. The number of hydrogen-bond acceptors (Lipinski definition) is 4. The quantitative estimate of drug-likeness (QED) is 0.684. The van der Waals surface area contributed by atoms with Crippen molar-refractivity contribution >= 4 is 5.97 Å². The van der Waals surface area contributed by atoms with Gasteiger partial charge in [0.15, 0.2) is 5.60 Å². The van der Waals surface area contributed by atoms with E-state index in [4.69, 9.17) is 15.2 Å². The molecule has 148 valence electrons. The van der Waals surface area contributed by atoms with Crippen LogP contribution in [0.4, 0.5) is 4.39 Å². The highest BCUT2D eigenvalue weighted by Gasteiger charge is 2.47. The van der Waals surface area contributed by atoms with Crippen molar-refractivity contribution in [1.29, 1.82) is 0 Å². The molecule has 5 nitrogen and oxygen atoms in total. The molecular weight excluding hydrogens is 373 g/mol. The Kier molecular flexibility index (Phi) is 4.82. The zero-order valence-electron chi connectivity index (χ0n) is 15.7. The molecule has 0 amide bonds. The standard InChI is InChI=1S/C23H20FNO4/c1-14(21(25)22(26)27)29-23(15-10-12-16(24)13-11-15)17-6-2-4-8-19(17)28-20-9-5-3-7-18(20)23/h2-14,21H,25H2,1H3,(H,26,27)/t14-,21+/m1/s1. The average Bonchev–Trinajstić information content (AvgIpc) is 2.73. The molecule has 3 N–H and O–H groups in total. The molecule has 0 radical (unpaired) electrons. The lowest BCUT2D eigenvalue weighted by atomic mass is 9.77. The molecule has 2 atom stereocenters. The van der Waals surface area contributed by atoms with Crippen LogP contribution in [0.3, 0.4) is 0 Å². The van der Waals surface area contributed by atoms with Crippen LogP contribution in [-0.2, 0) is 15.1 Å². The molecule has 1 aliphatic heterocycles. The second kappa shape index (κ2) is 7.31. The van der Waals surface area contributed by atoms with Gasteiger partial charge < -0.3 is 20.3 Å². The summed E-state index contributed by atoms with van der Waals surface area (Å²) in [5, 5.41) is 9.38. The third-order valence-electron chi connectivity index (χ3n) is 5.16. The van der Waals surface area contributed by atoms with Crippen molar-refractivity contribution < 1.29 is 23.8 Å². The molecule has 0 fully saturated rings. The first-order chi connectivity index (χ1) is 13.9. The third-order valence-corrected chi connectivity index (χ3v) is 5.16. The molecule has 0 spiro atoms. The second-order valence-electron chi connectivity index (χ2n) is 6.97. The van der Waals surface area contributed by atoms with Gasteiger partial charge in [-0.25, -0.2) is 4.39 Å². The summed E-state index contributed by atoms with van der Waals surface area (Å²) in [6.45, 7) is 1.62. The number of carboxylic acid groups (broad SMARTS) is 1. The summed E-state index contributed by atoms with van der Waals surface area (Å²) < 4.78 is 26.2. The van der Waals surface area contributed by atoms with Crippen LogP contribution < -0.4 is 10.5 Å². The fraction of sp³-hybridized carbons (Fsp3) is 0.174. The van der Waals surface area contributed by atoms with Gasteiger partial charge in [0, 0.05) is 11.1 Å². The van der Waals surface area contributed by atoms with E-state index < -0.39 is 23.7 Å². The number of halogens is 1. The van der Waals surface area contributed by atoms with E-state index in [-0.39, 0.29) is 5.82 Å². The van der Waals surface area contributed by atoms with Crippen LogP contribution in [0, 0.1) is 5.82 Å². The molecule has 1 aliphatic rings. The van der Waals surface area contributed by atoms with Gasteiger partial charge in [0.1, 0.15) is 23.4 Å². The minimum atomic E-state index is -1.24. The Morgan fingerprint density at radius 2 is 1.52 bits per heavy atom. The Balaban J connectivity index is 2.00. The van der Waals surface area contributed by atoms with Crippen molar-refractivity contribution in [3.05, 3.63) is 95.3 Å². The van der Waals surface area contributed by atoms with Crippen LogP contribution >= 0.6 is 0 Å². The Bertz CT molecular complexity index is 1010. The van der Waals surface area contributed by atoms with E-state index in [0.29, 0.717) is 28.2 Å². The normalized spacial score (nSPS) is 16.1. The monoisotopic (exact) mass is 393 g/mol. The molecule has 3 aromatic rings. The van der Waals surface area contributed by atoms with Crippen molar-refractivity contribution in [2.45, 2.75) is 24.7 Å². The lowest BCUT2D eigenvalue weighted by Gasteiger charge is -2.42. The zero-order chi connectivity index (χ0) is 20.6. The molecule has 0 aromatic heterocycles. The molecule has 0 bridgehead atoms. The van der Waals surface area contributed by atoms with Crippen molar-refractivity contribution in [3.8, 4) is 11.5 Å². The van der Waals surface area contributed by atoms with E-state index in [0.717, 1.165) is 0 Å². The van der Waals surface area contributed by atoms with E-state index in [2.05, 4.69) is 0 Å². The number of aliphatic carboxylic acids is 1. The van der Waals surface area contributed by atoms with Gasteiger partial charge in [0.25, 0.3) is 0 Å². The molecule has 0 saturated heterocycles. The van der Waals surface area contributed by atoms with Gasteiger partial charge in [-0.2, -0.15) is 0 Å². The maximum atomic E-state index is 13.7. The average molecular weight is 393 g/mol. The predicted octanol–water partition coefficient (Wildman–Crippen LogP) is 4.04. The second-order valence-corrected chi connectivity index (χ2v) is 6.97. The number of rotatable bonds is 5. The van der Waals surface area contributed by atoms with Crippen molar-refractivity contribution in [1.82, 2.24) is 0 Å². The largest absolute Gasteiger partial charge is 0.480 e. The van der Waals surface area contributed by atoms with E-state index >= 15 is 0 Å². The van der Waals surface area contributed by atoms with Gasteiger partial charge in [-0.15, -0.1) is 0 Å². The molecule has 0 unspecified atom stereocenters.